The molecule has 0 unspecified atom stereocenters. The first-order valence-electron chi connectivity index (χ1n) is 4.31. The van der Waals surface area contributed by atoms with Gasteiger partial charge in [-0.05, 0) is 18.9 Å². The zero-order chi connectivity index (χ0) is 10.0. The molecule has 4 heteroatoms. The Bertz CT molecular complexity index is 304. The molecule has 0 saturated heterocycles. The van der Waals surface area contributed by atoms with Crippen LogP contribution in [0.25, 0.3) is 0 Å². The fourth-order valence-electron chi connectivity index (χ4n) is 0.984. The van der Waals surface area contributed by atoms with Crippen LogP contribution in [0.1, 0.15) is 37.3 Å². The maximum atomic E-state index is 10.5. The lowest BCUT2D eigenvalue weighted by atomic mass is 10.1. The van der Waals surface area contributed by atoms with Crippen molar-refractivity contribution >= 4 is 5.97 Å². The van der Waals surface area contributed by atoms with Crippen LogP contribution in [0.4, 0.5) is 0 Å². The number of nitrogens with zero attached hydrogens (tertiary/aromatic N) is 2. The van der Waals surface area contributed by atoms with Crippen LogP contribution in [0.3, 0.4) is 0 Å². The van der Waals surface area contributed by atoms with Gasteiger partial charge in [-0.1, -0.05) is 13.8 Å². The van der Waals surface area contributed by atoms with Gasteiger partial charge in [-0.2, -0.15) is 5.10 Å². The summed E-state index contributed by atoms with van der Waals surface area (Å²) in [6, 6.07) is 1.74. The van der Waals surface area contributed by atoms with Crippen molar-refractivity contribution in [3.8, 4) is 0 Å². The highest BCUT2D eigenvalue weighted by Crippen LogP contribution is 2.15. The number of carboxylic acid groups (broad SMARTS) is 1. The molecule has 0 bridgehead atoms. The van der Waals surface area contributed by atoms with Crippen LogP contribution in [0.15, 0.2) is 12.3 Å². The van der Waals surface area contributed by atoms with Crippen molar-refractivity contribution in [1.29, 1.82) is 0 Å². The molecule has 0 aliphatic carbocycles. The molecule has 1 N–H and O–H groups in total. The van der Waals surface area contributed by atoms with E-state index in [4.69, 9.17) is 5.11 Å². The van der Waals surface area contributed by atoms with Crippen molar-refractivity contribution in [1.82, 2.24) is 9.78 Å². The second-order valence-corrected chi connectivity index (χ2v) is 3.47. The smallest absolute Gasteiger partial charge is 0.356 e. The summed E-state index contributed by atoms with van der Waals surface area (Å²) >= 11 is 0. The number of carboxylic acids is 1. The molecule has 0 fully saturated rings. The summed E-state index contributed by atoms with van der Waals surface area (Å²) in [5.74, 6) is -0.531. The summed E-state index contributed by atoms with van der Waals surface area (Å²) in [6.45, 7) is 6.17. The van der Waals surface area contributed by atoms with Crippen molar-refractivity contribution in [3.63, 3.8) is 0 Å². The van der Waals surface area contributed by atoms with E-state index in [0.29, 0.717) is 5.92 Å². The zero-order valence-corrected chi connectivity index (χ0v) is 8.06. The van der Waals surface area contributed by atoms with Gasteiger partial charge in [0, 0.05) is 6.20 Å². The summed E-state index contributed by atoms with van der Waals surface area (Å²) in [7, 11) is 0. The molecule has 0 spiro atoms. The van der Waals surface area contributed by atoms with E-state index in [-0.39, 0.29) is 11.7 Å². The lowest BCUT2D eigenvalue weighted by Crippen LogP contribution is -2.12. The monoisotopic (exact) mass is 182 g/mol. The number of rotatable bonds is 3. The van der Waals surface area contributed by atoms with E-state index < -0.39 is 5.97 Å². The maximum absolute atomic E-state index is 10.5. The molecule has 1 atom stereocenters. The van der Waals surface area contributed by atoms with Crippen LogP contribution in [0.5, 0.6) is 0 Å². The maximum Gasteiger partial charge on any atom is 0.356 e. The van der Waals surface area contributed by atoms with Gasteiger partial charge in [0.05, 0.1) is 6.04 Å². The van der Waals surface area contributed by atoms with Gasteiger partial charge < -0.3 is 5.11 Å². The molecular weight excluding hydrogens is 168 g/mol. The number of hydrogen-bond donors (Lipinski definition) is 1. The molecule has 13 heavy (non-hydrogen) atoms. The number of aromatic carboxylic acids is 1. The van der Waals surface area contributed by atoms with Gasteiger partial charge in [0.15, 0.2) is 5.69 Å². The average Bonchev–Trinajstić information content (AvgIpc) is 2.50. The third-order valence-corrected chi connectivity index (χ3v) is 2.21. The Morgan fingerprint density at radius 2 is 2.15 bits per heavy atom. The summed E-state index contributed by atoms with van der Waals surface area (Å²) in [5, 5.41) is 12.6. The molecule has 0 amide bonds. The molecule has 0 aromatic carbocycles. The third kappa shape index (κ3) is 2.08. The van der Waals surface area contributed by atoms with Crippen molar-refractivity contribution in [2.45, 2.75) is 26.8 Å². The third-order valence-electron chi connectivity index (χ3n) is 2.21. The van der Waals surface area contributed by atoms with E-state index >= 15 is 0 Å². The molecule has 1 rings (SSSR count). The van der Waals surface area contributed by atoms with Gasteiger partial charge in [-0.25, -0.2) is 4.79 Å². The van der Waals surface area contributed by atoms with Gasteiger partial charge >= 0.3 is 5.97 Å². The average molecular weight is 182 g/mol. The fourth-order valence-corrected chi connectivity index (χ4v) is 0.984. The summed E-state index contributed by atoms with van der Waals surface area (Å²) in [6.07, 6.45) is 1.70. The molecule has 0 saturated carbocycles. The minimum Gasteiger partial charge on any atom is -0.476 e. The van der Waals surface area contributed by atoms with Gasteiger partial charge in [0.25, 0.3) is 0 Å². The SMILES string of the molecule is CC(C)[C@@H](C)n1ccc(C(=O)O)n1. The molecule has 0 radical (unpaired) electrons. The van der Waals surface area contributed by atoms with E-state index in [0.717, 1.165) is 0 Å². The zero-order valence-electron chi connectivity index (χ0n) is 8.06. The van der Waals surface area contributed by atoms with Crippen molar-refractivity contribution in [3.05, 3.63) is 18.0 Å². The van der Waals surface area contributed by atoms with E-state index in [1.165, 1.54) is 6.07 Å². The first kappa shape index (κ1) is 9.77. The Morgan fingerprint density at radius 3 is 2.54 bits per heavy atom. The Morgan fingerprint density at radius 1 is 1.54 bits per heavy atom. The summed E-state index contributed by atoms with van der Waals surface area (Å²) < 4.78 is 1.69. The molecular formula is C9H14N2O2. The Kier molecular flexibility index (Phi) is 2.70. The first-order valence-corrected chi connectivity index (χ1v) is 4.31. The van der Waals surface area contributed by atoms with Crippen LogP contribution in [-0.2, 0) is 0 Å². The largest absolute Gasteiger partial charge is 0.476 e. The van der Waals surface area contributed by atoms with Crippen LogP contribution >= 0.6 is 0 Å². The lowest BCUT2D eigenvalue weighted by molar-refractivity contribution is 0.0689. The quantitative estimate of drug-likeness (QED) is 0.775. The van der Waals surface area contributed by atoms with E-state index in [9.17, 15) is 4.79 Å². The molecule has 1 aromatic heterocycles. The lowest BCUT2D eigenvalue weighted by Gasteiger charge is -2.15. The Hall–Kier alpha value is -1.32. The minimum absolute atomic E-state index is 0.104. The van der Waals surface area contributed by atoms with Crippen LogP contribution in [0, 0.1) is 5.92 Å². The molecule has 0 aliphatic rings. The standard InChI is InChI=1S/C9H14N2O2/c1-6(2)7(3)11-5-4-8(10-11)9(12)13/h4-7H,1-3H3,(H,12,13)/t7-/m1/s1. The van der Waals surface area contributed by atoms with Crippen molar-refractivity contribution < 1.29 is 9.90 Å². The molecule has 4 nitrogen and oxygen atoms in total. The molecule has 1 aromatic rings. The van der Waals surface area contributed by atoms with Crippen LogP contribution in [0.2, 0.25) is 0 Å². The highest BCUT2D eigenvalue weighted by molar-refractivity contribution is 5.85. The van der Waals surface area contributed by atoms with Gasteiger partial charge in [0.2, 0.25) is 0 Å². The normalized spacial score (nSPS) is 13.2. The van der Waals surface area contributed by atoms with Gasteiger partial charge in [-0.3, -0.25) is 4.68 Å². The fraction of sp³-hybridized carbons (Fsp3) is 0.556. The summed E-state index contributed by atoms with van der Waals surface area (Å²) in [4.78, 5) is 10.5. The molecule has 0 aliphatic heterocycles. The number of carbonyl (C=O) groups is 1. The predicted molar refractivity (Wildman–Crippen MR) is 48.7 cm³/mol. The predicted octanol–water partition coefficient (Wildman–Crippen LogP) is 1.80. The van der Waals surface area contributed by atoms with E-state index in [1.54, 1.807) is 10.9 Å². The molecule has 72 valence electrons. The van der Waals surface area contributed by atoms with Gasteiger partial charge in [-0.15, -0.1) is 0 Å². The second-order valence-electron chi connectivity index (χ2n) is 3.47. The number of hydrogen-bond acceptors (Lipinski definition) is 2. The van der Waals surface area contributed by atoms with Gasteiger partial charge in [0.1, 0.15) is 0 Å². The highest BCUT2D eigenvalue weighted by atomic mass is 16.4. The summed E-state index contributed by atoms with van der Waals surface area (Å²) in [5.41, 5.74) is 0.104. The molecule has 1 heterocycles. The van der Waals surface area contributed by atoms with E-state index in [2.05, 4.69) is 18.9 Å². The van der Waals surface area contributed by atoms with Crippen molar-refractivity contribution in [2.75, 3.05) is 0 Å². The van der Waals surface area contributed by atoms with Crippen LogP contribution in [-0.4, -0.2) is 20.9 Å². The van der Waals surface area contributed by atoms with Crippen LogP contribution < -0.4 is 0 Å². The Balaban J connectivity index is 2.85. The van der Waals surface area contributed by atoms with Crippen molar-refractivity contribution in [2.24, 2.45) is 5.92 Å². The second kappa shape index (κ2) is 3.60. The highest BCUT2D eigenvalue weighted by Gasteiger charge is 2.12. The first-order chi connectivity index (χ1) is 6.02. The minimum atomic E-state index is -0.977. The number of aromatic nitrogens is 2. The van der Waals surface area contributed by atoms with E-state index in [1.807, 2.05) is 6.92 Å². The Labute approximate surface area is 77.2 Å². The topological polar surface area (TPSA) is 55.1 Å².